The highest BCUT2D eigenvalue weighted by atomic mass is 15.2. The Labute approximate surface area is 350 Å². The zero-order valence-corrected chi connectivity index (χ0v) is 32.8. The predicted octanol–water partition coefficient (Wildman–Crippen LogP) is 14.1. The van der Waals surface area contributed by atoms with Gasteiger partial charge in [0, 0.05) is 23.0 Å². The van der Waals surface area contributed by atoms with E-state index in [2.05, 4.69) is 199 Å². The number of allylic oxidation sites excluding steroid dienone is 5. The van der Waals surface area contributed by atoms with E-state index in [1.54, 1.807) is 0 Å². The summed E-state index contributed by atoms with van der Waals surface area (Å²) in [4.78, 5) is 7.49. The Kier molecular flexibility index (Phi) is 8.53. The lowest BCUT2D eigenvalue weighted by molar-refractivity contribution is 0.753. The molecular weight excluding hydrogens is 727 g/mol. The largest absolute Gasteiger partial charge is 0.310 e. The topological polar surface area (TPSA) is 39.5 Å². The quantitative estimate of drug-likeness (QED) is 0.168. The van der Waals surface area contributed by atoms with Gasteiger partial charge in [0.05, 0.1) is 28.2 Å². The van der Waals surface area contributed by atoms with E-state index in [1.165, 1.54) is 55.9 Å². The summed E-state index contributed by atoms with van der Waals surface area (Å²) in [7, 11) is 0. The lowest BCUT2D eigenvalue weighted by Gasteiger charge is -2.45. The van der Waals surface area contributed by atoms with Gasteiger partial charge in [-0.2, -0.15) is 0 Å². The van der Waals surface area contributed by atoms with Gasteiger partial charge in [-0.05, 0) is 97.6 Å². The molecule has 1 aliphatic heterocycles. The molecule has 8 aromatic carbocycles. The molecule has 0 atom stereocenters. The van der Waals surface area contributed by atoms with E-state index in [9.17, 15) is 0 Å². The number of nitrogens with zero attached hydrogens (tertiary/aromatic N) is 2. The van der Waals surface area contributed by atoms with E-state index in [0.29, 0.717) is 5.71 Å². The Bertz CT molecular complexity index is 3030. The van der Waals surface area contributed by atoms with E-state index >= 15 is 0 Å². The summed E-state index contributed by atoms with van der Waals surface area (Å²) in [5.41, 5.74) is 19.3. The van der Waals surface area contributed by atoms with Crippen LogP contribution in [0.3, 0.4) is 0 Å². The fraction of sp³-hybridized carbons (Fsp3) is 0.0175. The van der Waals surface area contributed by atoms with Gasteiger partial charge in [0.1, 0.15) is 0 Å². The number of benzene rings is 8. The van der Waals surface area contributed by atoms with Crippen molar-refractivity contribution >= 4 is 34.7 Å². The molecule has 0 bridgehead atoms. The molecule has 2 aliphatic carbocycles. The second kappa shape index (κ2) is 14.5. The molecule has 1 spiro atoms. The maximum Gasteiger partial charge on any atom is 0.0795 e. The predicted molar refractivity (Wildman–Crippen MR) is 250 cm³/mol. The van der Waals surface area contributed by atoms with Crippen molar-refractivity contribution in [3.63, 3.8) is 0 Å². The van der Waals surface area contributed by atoms with E-state index < -0.39 is 5.41 Å². The van der Waals surface area contributed by atoms with E-state index in [4.69, 9.17) is 10.4 Å². The van der Waals surface area contributed by atoms with E-state index in [1.807, 2.05) is 36.6 Å². The Balaban J connectivity index is 0.989. The van der Waals surface area contributed by atoms with Crippen molar-refractivity contribution in [3.8, 4) is 33.4 Å². The van der Waals surface area contributed by atoms with Crippen molar-refractivity contribution in [2.75, 3.05) is 4.90 Å². The monoisotopic (exact) mass is 765 g/mol. The second-order valence-corrected chi connectivity index (χ2v) is 15.5. The van der Waals surface area contributed by atoms with Crippen LogP contribution in [0.2, 0.25) is 0 Å². The highest BCUT2D eigenvalue weighted by molar-refractivity contribution is 6.15. The first-order valence-corrected chi connectivity index (χ1v) is 20.5. The van der Waals surface area contributed by atoms with Gasteiger partial charge in [0.25, 0.3) is 0 Å². The number of anilines is 3. The number of hydrogen-bond acceptors (Lipinski definition) is 3. The number of aliphatic imine (C=N–C) groups is 1. The summed E-state index contributed by atoms with van der Waals surface area (Å²) in [6.07, 6.45) is 9.58. The van der Waals surface area contributed by atoms with Crippen molar-refractivity contribution in [1.82, 2.24) is 0 Å². The van der Waals surface area contributed by atoms with Crippen LogP contribution in [0, 0.1) is 5.41 Å². The van der Waals surface area contributed by atoms with Crippen LogP contribution in [-0.4, -0.2) is 11.9 Å². The van der Waals surface area contributed by atoms with Crippen molar-refractivity contribution < 1.29 is 0 Å². The zero-order chi connectivity index (χ0) is 40.0. The van der Waals surface area contributed by atoms with Crippen molar-refractivity contribution in [1.29, 1.82) is 5.41 Å². The Hall–Kier alpha value is -7.88. The number of nitrogens with one attached hydrogen (secondary N) is 1. The third-order valence-corrected chi connectivity index (χ3v) is 12.2. The fourth-order valence-electron chi connectivity index (χ4n) is 9.48. The summed E-state index contributed by atoms with van der Waals surface area (Å²) in [6.45, 7) is 0. The normalized spacial score (nSPS) is 15.1. The molecule has 1 heterocycles. The van der Waals surface area contributed by atoms with Crippen molar-refractivity contribution in [2.24, 2.45) is 4.99 Å². The van der Waals surface area contributed by atoms with E-state index in [0.717, 1.165) is 39.2 Å². The first kappa shape index (κ1) is 35.3. The molecule has 0 fully saturated rings. The SMILES string of the molecule is N=C1C=CC=C/C1=C(/N=Cc1ccc(-c2ccc3c(c2)C2(c4ccccc4-3)c3ccccc3N(c3ccccc3)c3ccccc32)cc1)c1ccc(-c2ccccc2)cc1. The van der Waals surface area contributed by atoms with Crippen LogP contribution in [0.4, 0.5) is 17.1 Å². The van der Waals surface area contributed by atoms with Gasteiger partial charge < -0.3 is 10.3 Å². The summed E-state index contributed by atoms with van der Waals surface area (Å²) in [5, 5.41) is 8.73. The molecule has 3 nitrogen and oxygen atoms in total. The Morgan fingerprint density at radius 2 is 1.00 bits per heavy atom. The van der Waals surface area contributed by atoms with Crippen LogP contribution in [0.5, 0.6) is 0 Å². The Morgan fingerprint density at radius 3 is 1.70 bits per heavy atom. The fourth-order valence-corrected chi connectivity index (χ4v) is 9.48. The molecule has 282 valence electrons. The molecule has 0 aromatic heterocycles. The molecule has 11 rings (SSSR count). The molecule has 0 saturated heterocycles. The summed E-state index contributed by atoms with van der Waals surface area (Å²) in [5.74, 6) is 0. The summed E-state index contributed by atoms with van der Waals surface area (Å²) >= 11 is 0. The standard InChI is InChI=1S/C57H39N3/c58-53-24-12-8-20-48(53)56(43-33-31-41(32-34-43)40-15-3-1-4-16-40)59-38-39-27-29-42(30-28-39)44-35-36-47-46-19-7-9-21-49(46)57(52(47)37-44)50-22-10-13-25-54(50)60(45-17-5-2-6-18-45)55-26-14-11-23-51(55)57/h1-38,58H/b56-48-,58-53?,59-38?. The van der Waals surface area contributed by atoms with Crippen molar-refractivity contribution in [2.45, 2.75) is 5.41 Å². The molecule has 60 heavy (non-hydrogen) atoms. The zero-order valence-electron chi connectivity index (χ0n) is 32.8. The van der Waals surface area contributed by atoms with Gasteiger partial charge in [0.15, 0.2) is 0 Å². The maximum absolute atomic E-state index is 8.73. The average molecular weight is 766 g/mol. The van der Waals surface area contributed by atoms with Crippen LogP contribution >= 0.6 is 0 Å². The average Bonchev–Trinajstić information content (AvgIpc) is 3.61. The van der Waals surface area contributed by atoms with Crippen LogP contribution in [-0.2, 0) is 5.41 Å². The van der Waals surface area contributed by atoms with Crippen LogP contribution < -0.4 is 4.90 Å². The molecular formula is C57H39N3. The van der Waals surface area contributed by atoms with Gasteiger partial charge in [0.2, 0.25) is 0 Å². The summed E-state index contributed by atoms with van der Waals surface area (Å²) in [6, 6.07) is 72.1. The van der Waals surface area contributed by atoms with Crippen molar-refractivity contribution in [3.05, 3.63) is 263 Å². The van der Waals surface area contributed by atoms with Gasteiger partial charge in [-0.3, -0.25) is 4.99 Å². The third kappa shape index (κ3) is 5.66. The molecule has 0 radical (unpaired) electrons. The first-order valence-electron chi connectivity index (χ1n) is 20.5. The van der Waals surface area contributed by atoms with Crippen LogP contribution in [0.25, 0.3) is 39.1 Å². The van der Waals surface area contributed by atoms with Gasteiger partial charge >= 0.3 is 0 Å². The maximum atomic E-state index is 8.73. The number of fused-ring (bicyclic) bond motifs is 9. The summed E-state index contributed by atoms with van der Waals surface area (Å²) < 4.78 is 0. The number of para-hydroxylation sites is 3. The highest BCUT2D eigenvalue weighted by Gasteiger charge is 2.51. The number of hydrogen-bond donors (Lipinski definition) is 1. The molecule has 0 unspecified atom stereocenters. The third-order valence-electron chi connectivity index (χ3n) is 12.2. The second-order valence-electron chi connectivity index (χ2n) is 15.5. The van der Waals surface area contributed by atoms with Gasteiger partial charge in [-0.15, -0.1) is 0 Å². The lowest BCUT2D eigenvalue weighted by Crippen LogP contribution is -2.36. The smallest absolute Gasteiger partial charge is 0.0795 e. The Morgan fingerprint density at radius 1 is 0.467 bits per heavy atom. The first-order chi connectivity index (χ1) is 29.7. The minimum atomic E-state index is -0.507. The van der Waals surface area contributed by atoms with Gasteiger partial charge in [-0.25, -0.2) is 0 Å². The molecule has 0 saturated carbocycles. The van der Waals surface area contributed by atoms with Crippen LogP contribution in [0.1, 0.15) is 33.4 Å². The van der Waals surface area contributed by atoms with Crippen LogP contribution in [0.15, 0.2) is 235 Å². The van der Waals surface area contributed by atoms with Gasteiger partial charge in [-0.1, -0.05) is 188 Å². The minimum Gasteiger partial charge on any atom is -0.310 e. The molecule has 1 N–H and O–H groups in total. The lowest BCUT2D eigenvalue weighted by atomic mass is 9.64. The number of rotatable bonds is 6. The highest BCUT2D eigenvalue weighted by Crippen LogP contribution is 2.63. The molecule has 8 aromatic rings. The molecule has 3 heteroatoms. The van der Waals surface area contributed by atoms with E-state index in [-0.39, 0.29) is 0 Å². The molecule has 3 aliphatic rings. The molecule has 0 amide bonds. The minimum absolute atomic E-state index is 0.444.